The van der Waals surface area contributed by atoms with Crippen molar-refractivity contribution in [3.63, 3.8) is 0 Å². The summed E-state index contributed by atoms with van der Waals surface area (Å²) in [5.74, 6) is -2.20. The molecule has 6 heteroatoms. The molecule has 0 heterocycles. The van der Waals surface area contributed by atoms with E-state index in [9.17, 15) is 14.4 Å². The average Bonchev–Trinajstić information content (AvgIpc) is 2.00. The Kier molecular flexibility index (Phi) is 4.50. The van der Waals surface area contributed by atoms with Crippen molar-refractivity contribution in [2.45, 2.75) is 25.8 Å². The number of carbonyl (C=O) groups excluding carboxylic acids is 2. The van der Waals surface area contributed by atoms with Crippen molar-refractivity contribution in [3.8, 4) is 0 Å². The van der Waals surface area contributed by atoms with E-state index in [-0.39, 0.29) is 12.8 Å². The minimum Gasteiger partial charge on any atom is -0.481 e. The predicted molar refractivity (Wildman–Crippen MR) is 43.7 cm³/mol. The molecule has 13 heavy (non-hydrogen) atoms. The Balaban J connectivity index is 3.74. The lowest BCUT2D eigenvalue weighted by molar-refractivity contribution is -0.139. The van der Waals surface area contributed by atoms with E-state index in [1.165, 1.54) is 6.92 Å². The van der Waals surface area contributed by atoms with E-state index in [2.05, 4.69) is 5.32 Å². The molecule has 0 aliphatic carbocycles. The Bertz CT molecular complexity index is 227. The van der Waals surface area contributed by atoms with Crippen LogP contribution in [0.5, 0.6) is 0 Å². The number of carboxylic acid groups (broad SMARTS) is 1. The van der Waals surface area contributed by atoms with Crippen LogP contribution in [-0.2, 0) is 14.4 Å². The van der Waals surface area contributed by atoms with Crippen LogP contribution in [-0.4, -0.2) is 28.9 Å². The van der Waals surface area contributed by atoms with Gasteiger partial charge in [-0.05, 0) is 6.92 Å². The van der Waals surface area contributed by atoms with Crippen molar-refractivity contribution in [2.24, 2.45) is 5.73 Å². The van der Waals surface area contributed by atoms with E-state index in [1.54, 1.807) is 0 Å². The van der Waals surface area contributed by atoms with Gasteiger partial charge in [-0.2, -0.15) is 0 Å². The van der Waals surface area contributed by atoms with Crippen LogP contribution in [0.1, 0.15) is 19.8 Å². The van der Waals surface area contributed by atoms with Gasteiger partial charge in [0.2, 0.25) is 11.8 Å². The minimum absolute atomic E-state index is 0.146. The largest absolute Gasteiger partial charge is 0.481 e. The fourth-order valence-electron chi connectivity index (χ4n) is 0.605. The smallest absolute Gasteiger partial charge is 0.303 e. The van der Waals surface area contributed by atoms with E-state index in [1.807, 2.05) is 0 Å². The molecule has 0 bridgehead atoms. The Labute approximate surface area is 75.1 Å². The monoisotopic (exact) mass is 188 g/mol. The Morgan fingerprint density at radius 1 is 1.38 bits per heavy atom. The fraction of sp³-hybridized carbons (Fsp3) is 0.571. The molecule has 0 aromatic rings. The van der Waals surface area contributed by atoms with Crippen molar-refractivity contribution in [2.75, 3.05) is 0 Å². The molecule has 1 atom stereocenters. The predicted octanol–water partition coefficient (Wildman–Crippen LogP) is -1.16. The summed E-state index contributed by atoms with van der Waals surface area (Å²) >= 11 is 0. The number of nitrogens with two attached hydrogens (primary N) is 1. The third-order valence-electron chi connectivity index (χ3n) is 1.37. The van der Waals surface area contributed by atoms with Gasteiger partial charge in [0.25, 0.3) is 0 Å². The van der Waals surface area contributed by atoms with Crippen LogP contribution in [0, 0.1) is 0 Å². The first-order valence-corrected chi connectivity index (χ1v) is 3.74. The quantitative estimate of drug-likeness (QED) is 0.505. The van der Waals surface area contributed by atoms with Crippen LogP contribution in [0.3, 0.4) is 0 Å². The Morgan fingerprint density at radius 3 is 2.31 bits per heavy atom. The summed E-state index contributed by atoms with van der Waals surface area (Å²) in [4.78, 5) is 31.4. The molecule has 0 aromatic heterocycles. The number of rotatable bonds is 5. The third-order valence-corrected chi connectivity index (χ3v) is 1.37. The topological polar surface area (TPSA) is 109 Å². The second-order valence-corrected chi connectivity index (χ2v) is 2.59. The van der Waals surface area contributed by atoms with Crippen molar-refractivity contribution >= 4 is 17.8 Å². The SMILES string of the molecule is C[C@H](NC(=O)CCC(=O)O)C(N)=O. The minimum atomic E-state index is -1.05. The molecule has 0 saturated carbocycles. The summed E-state index contributed by atoms with van der Waals surface area (Å²) in [5.41, 5.74) is 4.87. The number of nitrogens with one attached hydrogen (secondary N) is 1. The van der Waals surface area contributed by atoms with Gasteiger partial charge in [0.1, 0.15) is 6.04 Å². The number of aliphatic carboxylic acids is 1. The number of hydrogen-bond acceptors (Lipinski definition) is 3. The van der Waals surface area contributed by atoms with Gasteiger partial charge >= 0.3 is 5.97 Å². The number of carboxylic acids is 1. The first-order valence-electron chi connectivity index (χ1n) is 3.74. The Morgan fingerprint density at radius 2 is 1.92 bits per heavy atom. The molecule has 0 aliphatic heterocycles. The summed E-state index contributed by atoms with van der Waals surface area (Å²) in [6.45, 7) is 1.43. The molecule has 0 aliphatic rings. The van der Waals surface area contributed by atoms with Crippen molar-refractivity contribution in [1.82, 2.24) is 5.32 Å². The molecule has 74 valence electrons. The van der Waals surface area contributed by atoms with Gasteiger partial charge in [0.05, 0.1) is 6.42 Å². The molecule has 0 spiro atoms. The van der Waals surface area contributed by atoms with Crippen LogP contribution in [0.2, 0.25) is 0 Å². The number of amides is 2. The maximum Gasteiger partial charge on any atom is 0.303 e. The van der Waals surface area contributed by atoms with Gasteiger partial charge in [0.15, 0.2) is 0 Å². The van der Waals surface area contributed by atoms with Gasteiger partial charge in [-0.1, -0.05) is 0 Å². The van der Waals surface area contributed by atoms with Gasteiger partial charge in [0, 0.05) is 6.42 Å². The number of carbonyl (C=O) groups is 3. The van der Waals surface area contributed by atoms with Crippen molar-refractivity contribution in [1.29, 1.82) is 0 Å². The normalized spacial score (nSPS) is 11.8. The molecule has 2 amide bonds. The first kappa shape index (κ1) is 11.4. The molecule has 0 fully saturated rings. The summed E-state index contributed by atoms with van der Waals surface area (Å²) in [6, 6.07) is -0.763. The molecule has 0 unspecified atom stereocenters. The highest BCUT2D eigenvalue weighted by Gasteiger charge is 2.12. The van der Waals surface area contributed by atoms with Crippen LogP contribution in [0.25, 0.3) is 0 Å². The van der Waals surface area contributed by atoms with Gasteiger partial charge < -0.3 is 16.2 Å². The molecule has 0 aromatic carbocycles. The van der Waals surface area contributed by atoms with E-state index in [0.717, 1.165) is 0 Å². The molecule has 0 radical (unpaired) electrons. The first-order chi connectivity index (χ1) is 5.93. The zero-order chi connectivity index (χ0) is 10.4. The second kappa shape index (κ2) is 5.13. The van der Waals surface area contributed by atoms with Gasteiger partial charge in [-0.15, -0.1) is 0 Å². The van der Waals surface area contributed by atoms with Gasteiger partial charge in [-0.25, -0.2) is 0 Å². The maximum atomic E-state index is 10.9. The zero-order valence-electron chi connectivity index (χ0n) is 7.24. The van der Waals surface area contributed by atoms with Crippen LogP contribution in [0.4, 0.5) is 0 Å². The number of primary amides is 1. The lowest BCUT2D eigenvalue weighted by Gasteiger charge is -2.08. The zero-order valence-corrected chi connectivity index (χ0v) is 7.24. The number of hydrogen-bond donors (Lipinski definition) is 3. The molecule has 6 nitrogen and oxygen atoms in total. The second-order valence-electron chi connectivity index (χ2n) is 2.59. The highest BCUT2D eigenvalue weighted by Crippen LogP contribution is 1.90. The maximum absolute atomic E-state index is 10.9. The molecule has 4 N–H and O–H groups in total. The van der Waals surface area contributed by atoms with Crippen molar-refractivity contribution in [3.05, 3.63) is 0 Å². The summed E-state index contributed by atoms with van der Waals surface area (Å²) in [5, 5.41) is 10.5. The van der Waals surface area contributed by atoms with Crippen LogP contribution < -0.4 is 11.1 Å². The fourth-order valence-corrected chi connectivity index (χ4v) is 0.605. The third kappa shape index (κ3) is 5.66. The standard InChI is InChI=1S/C7H12N2O4/c1-4(7(8)13)9-5(10)2-3-6(11)12/h4H,2-3H2,1H3,(H2,8,13)(H,9,10)(H,11,12)/t4-/m0/s1. The highest BCUT2D eigenvalue weighted by atomic mass is 16.4. The van der Waals surface area contributed by atoms with E-state index in [0.29, 0.717) is 0 Å². The summed E-state index contributed by atoms with van der Waals surface area (Å²) in [6.07, 6.45) is -0.399. The summed E-state index contributed by atoms with van der Waals surface area (Å²) in [7, 11) is 0. The summed E-state index contributed by atoms with van der Waals surface area (Å²) < 4.78 is 0. The van der Waals surface area contributed by atoms with Gasteiger partial charge in [-0.3, -0.25) is 14.4 Å². The molecular weight excluding hydrogens is 176 g/mol. The molecular formula is C7H12N2O4. The van der Waals surface area contributed by atoms with Crippen LogP contribution in [0.15, 0.2) is 0 Å². The molecule has 0 saturated heterocycles. The van der Waals surface area contributed by atoms with E-state index < -0.39 is 23.8 Å². The molecule has 0 rings (SSSR count). The highest BCUT2D eigenvalue weighted by molar-refractivity contribution is 5.87. The van der Waals surface area contributed by atoms with E-state index >= 15 is 0 Å². The van der Waals surface area contributed by atoms with Crippen molar-refractivity contribution < 1.29 is 19.5 Å². The lowest BCUT2D eigenvalue weighted by Crippen LogP contribution is -2.42. The van der Waals surface area contributed by atoms with E-state index in [4.69, 9.17) is 10.8 Å². The Hall–Kier alpha value is -1.59. The average molecular weight is 188 g/mol. The van der Waals surface area contributed by atoms with Crippen LogP contribution >= 0.6 is 0 Å². The lowest BCUT2D eigenvalue weighted by atomic mass is 10.2.